The summed E-state index contributed by atoms with van der Waals surface area (Å²) < 4.78 is 5.51. The molecule has 2 atom stereocenters. The van der Waals surface area contributed by atoms with Crippen molar-refractivity contribution < 1.29 is 24.5 Å². The van der Waals surface area contributed by atoms with Crippen molar-refractivity contribution in [2.45, 2.75) is 398 Å². The van der Waals surface area contributed by atoms with Crippen molar-refractivity contribution >= 4 is 11.9 Å². The Morgan fingerprint density at radius 3 is 0.934 bits per heavy atom. The van der Waals surface area contributed by atoms with Crippen LogP contribution < -0.4 is 5.32 Å². The van der Waals surface area contributed by atoms with Gasteiger partial charge in [-0.25, -0.2) is 0 Å². The number of allylic oxidation sites excluding steroid dienone is 3. The SMILES string of the molecule is CCCCCCCC/C=C\CCCCCCCCCCCC(=O)OCCCCCCCCCCCCCCCCCCCCCCCCCCCC(=O)NC(CO)C(O)/C=C/CCCCCCCCCCCCCCC. The molecule has 0 aliphatic heterocycles. The zero-order valence-electron chi connectivity index (χ0n) is 51.5. The molecule has 6 nitrogen and oxygen atoms in total. The Kier molecular flexibility index (Phi) is 64.4. The van der Waals surface area contributed by atoms with Gasteiger partial charge in [-0.1, -0.05) is 340 Å². The van der Waals surface area contributed by atoms with Gasteiger partial charge in [-0.05, 0) is 57.8 Å². The van der Waals surface area contributed by atoms with E-state index in [0.29, 0.717) is 19.4 Å². The van der Waals surface area contributed by atoms with Crippen molar-refractivity contribution in [2.24, 2.45) is 0 Å². The molecular formula is C70H135NO5. The highest BCUT2D eigenvalue weighted by molar-refractivity contribution is 5.76. The first-order valence-corrected chi connectivity index (χ1v) is 34.6. The number of hydrogen-bond acceptors (Lipinski definition) is 5. The molecule has 0 aromatic carbocycles. The van der Waals surface area contributed by atoms with E-state index in [2.05, 4.69) is 31.3 Å². The van der Waals surface area contributed by atoms with Gasteiger partial charge in [-0.15, -0.1) is 0 Å². The fourth-order valence-electron chi connectivity index (χ4n) is 10.9. The summed E-state index contributed by atoms with van der Waals surface area (Å²) in [5.74, 6) is -0.0477. The van der Waals surface area contributed by atoms with Crippen LogP contribution in [0.1, 0.15) is 386 Å². The van der Waals surface area contributed by atoms with Crippen molar-refractivity contribution in [3.05, 3.63) is 24.3 Å². The van der Waals surface area contributed by atoms with Crippen LogP contribution in [-0.2, 0) is 14.3 Å². The number of ether oxygens (including phenoxy) is 1. The number of aliphatic hydroxyl groups is 2. The highest BCUT2D eigenvalue weighted by atomic mass is 16.5. The largest absolute Gasteiger partial charge is 0.466 e. The summed E-state index contributed by atoms with van der Waals surface area (Å²) in [4.78, 5) is 24.6. The van der Waals surface area contributed by atoms with Gasteiger partial charge in [-0.2, -0.15) is 0 Å². The molecular weight excluding hydrogens is 935 g/mol. The van der Waals surface area contributed by atoms with Gasteiger partial charge in [-0.3, -0.25) is 9.59 Å². The zero-order valence-corrected chi connectivity index (χ0v) is 51.5. The van der Waals surface area contributed by atoms with Gasteiger partial charge in [0.2, 0.25) is 5.91 Å². The van der Waals surface area contributed by atoms with Gasteiger partial charge < -0.3 is 20.3 Å². The first-order valence-electron chi connectivity index (χ1n) is 34.6. The maximum absolute atomic E-state index is 12.5. The Balaban J connectivity index is 3.35. The standard InChI is InChI=1S/C70H135NO5/c1-3-5-7-9-11-13-15-17-19-20-28-32-36-40-44-48-52-56-60-64-70(75)76-65-61-57-53-49-45-41-37-33-30-27-25-23-21-22-24-26-29-31-35-39-43-47-51-55-59-63-69(74)71-67(66-72)68(73)62-58-54-50-46-42-38-34-18-16-14-12-10-8-6-4-2/h17,19,58,62,67-68,72-73H,3-16,18,20-57,59-61,63-66H2,1-2H3,(H,71,74)/b19-17-,62-58+. The minimum atomic E-state index is -0.843. The number of esters is 1. The third-order valence-electron chi connectivity index (χ3n) is 16.2. The molecule has 0 fully saturated rings. The first kappa shape index (κ1) is 74.3. The fourth-order valence-corrected chi connectivity index (χ4v) is 10.9. The second kappa shape index (κ2) is 65.9. The van der Waals surface area contributed by atoms with Crippen molar-refractivity contribution in [2.75, 3.05) is 13.2 Å². The predicted molar refractivity (Wildman–Crippen MR) is 333 cm³/mol. The Hall–Kier alpha value is -1.66. The Morgan fingerprint density at radius 2 is 0.618 bits per heavy atom. The van der Waals surface area contributed by atoms with Gasteiger partial charge in [0.15, 0.2) is 0 Å². The molecule has 0 radical (unpaired) electrons. The lowest BCUT2D eigenvalue weighted by molar-refractivity contribution is -0.143. The molecule has 0 aliphatic rings. The number of carbonyl (C=O) groups is 2. The van der Waals surface area contributed by atoms with Gasteiger partial charge >= 0.3 is 5.97 Å². The number of aliphatic hydroxyl groups excluding tert-OH is 2. The summed E-state index contributed by atoms with van der Waals surface area (Å²) in [7, 11) is 0. The normalized spacial score (nSPS) is 12.6. The molecule has 0 aromatic rings. The molecule has 1 amide bonds. The minimum absolute atomic E-state index is 0.0162. The minimum Gasteiger partial charge on any atom is -0.466 e. The van der Waals surface area contributed by atoms with E-state index in [0.717, 1.165) is 38.5 Å². The van der Waals surface area contributed by atoms with Crippen LogP contribution in [0.25, 0.3) is 0 Å². The molecule has 76 heavy (non-hydrogen) atoms. The number of amides is 1. The maximum Gasteiger partial charge on any atom is 0.305 e. The van der Waals surface area contributed by atoms with Crippen LogP contribution in [0.5, 0.6) is 0 Å². The number of unbranched alkanes of at least 4 members (excludes halogenated alkanes) is 52. The molecule has 0 aromatic heterocycles. The lowest BCUT2D eigenvalue weighted by Crippen LogP contribution is -2.45. The lowest BCUT2D eigenvalue weighted by Gasteiger charge is -2.20. The van der Waals surface area contributed by atoms with E-state index in [1.54, 1.807) is 6.08 Å². The van der Waals surface area contributed by atoms with Crippen LogP contribution in [0.15, 0.2) is 24.3 Å². The Morgan fingerprint density at radius 1 is 0.355 bits per heavy atom. The Labute approximate surface area is 475 Å². The molecule has 2 unspecified atom stereocenters. The van der Waals surface area contributed by atoms with Crippen LogP contribution in [0.4, 0.5) is 0 Å². The number of carbonyl (C=O) groups excluding carboxylic acids is 2. The van der Waals surface area contributed by atoms with Crippen molar-refractivity contribution in [3.8, 4) is 0 Å². The molecule has 0 bridgehead atoms. The second-order valence-electron chi connectivity index (χ2n) is 23.9. The van der Waals surface area contributed by atoms with Crippen LogP contribution in [0, 0.1) is 0 Å². The van der Waals surface area contributed by atoms with Crippen LogP contribution >= 0.6 is 0 Å². The topological polar surface area (TPSA) is 95.9 Å². The monoisotopic (exact) mass is 1070 g/mol. The van der Waals surface area contributed by atoms with Gasteiger partial charge in [0.25, 0.3) is 0 Å². The lowest BCUT2D eigenvalue weighted by atomic mass is 10.0. The van der Waals surface area contributed by atoms with Crippen LogP contribution in [0.3, 0.4) is 0 Å². The summed E-state index contributed by atoms with van der Waals surface area (Å²) in [6, 6.07) is -0.626. The number of rotatable bonds is 65. The molecule has 0 saturated heterocycles. The van der Waals surface area contributed by atoms with Crippen molar-refractivity contribution in [1.82, 2.24) is 5.32 Å². The van der Waals surface area contributed by atoms with E-state index in [4.69, 9.17) is 4.74 Å². The third-order valence-corrected chi connectivity index (χ3v) is 16.2. The third kappa shape index (κ3) is 61.6. The summed E-state index contributed by atoms with van der Waals surface area (Å²) in [6.07, 6.45) is 82.5. The second-order valence-corrected chi connectivity index (χ2v) is 23.9. The van der Waals surface area contributed by atoms with Gasteiger partial charge in [0.1, 0.15) is 0 Å². The van der Waals surface area contributed by atoms with E-state index in [1.165, 1.54) is 321 Å². The maximum atomic E-state index is 12.5. The molecule has 0 spiro atoms. The molecule has 3 N–H and O–H groups in total. The molecule has 0 saturated carbocycles. The van der Waals surface area contributed by atoms with Crippen LogP contribution in [-0.4, -0.2) is 47.4 Å². The summed E-state index contributed by atoms with van der Waals surface area (Å²) in [5, 5.41) is 23.2. The highest BCUT2D eigenvalue weighted by Gasteiger charge is 2.18. The molecule has 0 rings (SSSR count). The predicted octanol–water partition coefficient (Wildman–Crippen LogP) is 22.1. The van der Waals surface area contributed by atoms with Crippen molar-refractivity contribution in [1.29, 1.82) is 0 Å². The van der Waals surface area contributed by atoms with E-state index < -0.39 is 12.1 Å². The number of nitrogens with one attached hydrogen (secondary N) is 1. The molecule has 6 heteroatoms. The molecule has 0 heterocycles. The Bertz CT molecular complexity index is 1190. The van der Waals surface area contributed by atoms with E-state index in [1.807, 2.05) is 6.08 Å². The highest BCUT2D eigenvalue weighted by Crippen LogP contribution is 2.19. The van der Waals surface area contributed by atoms with Gasteiger partial charge in [0.05, 0.1) is 25.4 Å². The zero-order chi connectivity index (χ0) is 55.0. The molecule has 450 valence electrons. The first-order chi connectivity index (χ1) is 37.5. The summed E-state index contributed by atoms with van der Waals surface area (Å²) in [5.41, 5.74) is 0. The smallest absolute Gasteiger partial charge is 0.305 e. The van der Waals surface area contributed by atoms with E-state index in [-0.39, 0.29) is 18.5 Å². The number of hydrogen-bond donors (Lipinski definition) is 3. The summed E-state index contributed by atoms with van der Waals surface area (Å²) >= 11 is 0. The van der Waals surface area contributed by atoms with Crippen LogP contribution in [0.2, 0.25) is 0 Å². The molecule has 0 aliphatic carbocycles. The average molecular weight is 1070 g/mol. The quantitative estimate of drug-likeness (QED) is 0.0320. The average Bonchev–Trinajstić information content (AvgIpc) is 3.42. The van der Waals surface area contributed by atoms with E-state index in [9.17, 15) is 19.8 Å². The summed E-state index contributed by atoms with van der Waals surface area (Å²) in [6.45, 7) is 4.93. The van der Waals surface area contributed by atoms with Crippen molar-refractivity contribution in [3.63, 3.8) is 0 Å². The fraction of sp³-hybridized carbons (Fsp3) is 0.914. The van der Waals surface area contributed by atoms with E-state index >= 15 is 0 Å². The van der Waals surface area contributed by atoms with Gasteiger partial charge in [0, 0.05) is 12.8 Å².